The number of aryl methyl sites for hydroxylation is 3. The minimum Gasteiger partial charge on any atom is -0.444 e. The van der Waals surface area contributed by atoms with Crippen LogP contribution in [0.2, 0.25) is 0 Å². The monoisotopic (exact) mass is 490 g/mol. The standard InChI is InChI=1S/C22H37NO3.C6H13N3/c1-9-19-13-17(4)20(14-16(19)3)15-25-18(5)11-12-23(10-2)21(24)26-22(6,7)8;1-5(2)6(7)9-4-8-3/h13-14,18H,9-12,15H2,1-8H3;4-5H,1-3H3,(H2,7,8,9). The third-order valence-electron chi connectivity index (χ3n) is 5.45. The SMILES string of the molecule is CCc1cc(C)c(COC(C)CCN(CC)C(=O)OC(C)(C)C)cc1C.CN=CN=C(N)C(C)C. The van der Waals surface area contributed by atoms with Crippen molar-refractivity contribution in [2.75, 3.05) is 20.1 Å². The number of carbonyl (C=O) groups excluding carboxylic acids is 1. The zero-order valence-electron chi connectivity index (χ0n) is 24.1. The van der Waals surface area contributed by atoms with Crippen molar-refractivity contribution < 1.29 is 14.3 Å². The summed E-state index contributed by atoms with van der Waals surface area (Å²) in [7, 11) is 1.66. The Hall–Kier alpha value is -2.41. The van der Waals surface area contributed by atoms with E-state index in [0.717, 1.165) is 12.8 Å². The highest BCUT2D eigenvalue weighted by atomic mass is 16.6. The van der Waals surface area contributed by atoms with Crippen LogP contribution in [-0.2, 0) is 22.5 Å². The van der Waals surface area contributed by atoms with Crippen LogP contribution < -0.4 is 5.73 Å². The maximum Gasteiger partial charge on any atom is 0.410 e. The Balaban J connectivity index is 0.00000109. The Bertz CT molecular complexity index is 826. The van der Waals surface area contributed by atoms with Crippen molar-refractivity contribution >= 4 is 18.3 Å². The van der Waals surface area contributed by atoms with Crippen LogP contribution >= 0.6 is 0 Å². The first-order chi connectivity index (χ1) is 16.2. The number of amidine groups is 1. The van der Waals surface area contributed by atoms with Gasteiger partial charge in [-0.25, -0.2) is 9.79 Å². The maximum atomic E-state index is 12.2. The van der Waals surface area contributed by atoms with Gasteiger partial charge in [0.05, 0.1) is 12.7 Å². The van der Waals surface area contributed by atoms with Gasteiger partial charge in [0.1, 0.15) is 17.8 Å². The quantitative estimate of drug-likeness (QED) is 0.318. The van der Waals surface area contributed by atoms with Crippen LogP contribution in [0.5, 0.6) is 0 Å². The van der Waals surface area contributed by atoms with E-state index >= 15 is 0 Å². The van der Waals surface area contributed by atoms with Gasteiger partial charge in [0.25, 0.3) is 0 Å². The molecule has 0 heterocycles. The fourth-order valence-electron chi connectivity index (χ4n) is 3.10. The van der Waals surface area contributed by atoms with Crippen LogP contribution in [0.25, 0.3) is 0 Å². The highest BCUT2D eigenvalue weighted by Gasteiger charge is 2.21. The van der Waals surface area contributed by atoms with E-state index in [-0.39, 0.29) is 12.2 Å². The number of benzene rings is 1. The molecular formula is C28H50N4O3. The third-order valence-corrected chi connectivity index (χ3v) is 5.45. The molecule has 0 aliphatic heterocycles. The number of carbonyl (C=O) groups is 1. The van der Waals surface area contributed by atoms with Crippen LogP contribution in [-0.4, -0.2) is 55.0 Å². The van der Waals surface area contributed by atoms with Crippen molar-refractivity contribution in [3.05, 3.63) is 34.4 Å². The molecule has 0 bridgehead atoms. The first-order valence-corrected chi connectivity index (χ1v) is 12.7. The van der Waals surface area contributed by atoms with E-state index in [1.165, 1.54) is 28.6 Å². The lowest BCUT2D eigenvalue weighted by molar-refractivity contribution is 0.0155. The van der Waals surface area contributed by atoms with Crippen molar-refractivity contribution in [2.45, 2.75) is 100 Å². The fourth-order valence-corrected chi connectivity index (χ4v) is 3.10. The van der Waals surface area contributed by atoms with Gasteiger partial charge in [-0.1, -0.05) is 32.9 Å². The van der Waals surface area contributed by atoms with E-state index in [1.807, 2.05) is 41.5 Å². The molecule has 1 amide bonds. The molecule has 200 valence electrons. The first kappa shape index (κ1) is 32.6. The molecule has 35 heavy (non-hydrogen) atoms. The summed E-state index contributed by atoms with van der Waals surface area (Å²) in [6.07, 6.45) is 3.13. The second kappa shape index (κ2) is 16.3. The second-order valence-electron chi connectivity index (χ2n) is 10.1. The molecule has 0 aromatic heterocycles. The highest BCUT2D eigenvalue weighted by Crippen LogP contribution is 2.18. The summed E-state index contributed by atoms with van der Waals surface area (Å²) >= 11 is 0. The summed E-state index contributed by atoms with van der Waals surface area (Å²) in [6.45, 7) is 22.0. The van der Waals surface area contributed by atoms with Crippen LogP contribution in [0.15, 0.2) is 22.1 Å². The zero-order chi connectivity index (χ0) is 27.2. The number of ether oxygens (including phenoxy) is 2. The summed E-state index contributed by atoms with van der Waals surface area (Å²) in [4.78, 5) is 21.4. The van der Waals surface area contributed by atoms with Gasteiger partial charge in [-0.3, -0.25) is 4.99 Å². The van der Waals surface area contributed by atoms with E-state index in [1.54, 1.807) is 11.9 Å². The van der Waals surface area contributed by atoms with Gasteiger partial charge in [0.15, 0.2) is 0 Å². The number of nitrogens with zero attached hydrogens (tertiary/aromatic N) is 3. The number of hydrogen-bond donors (Lipinski definition) is 1. The minimum atomic E-state index is -0.466. The van der Waals surface area contributed by atoms with Gasteiger partial charge in [0.2, 0.25) is 0 Å². The second-order valence-corrected chi connectivity index (χ2v) is 10.1. The molecule has 1 rings (SSSR count). The van der Waals surface area contributed by atoms with Crippen LogP contribution in [0, 0.1) is 19.8 Å². The van der Waals surface area contributed by atoms with Gasteiger partial charge in [-0.15, -0.1) is 0 Å². The normalized spacial score (nSPS) is 13.0. The average molecular weight is 491 g/mol. The van der Waals surface area contributed by atoms with Gasteiger partial charge in [-0.2, -0.15) is 0 Å². The molecular weight excluding hydrogens is 440 g/mol. The third kappa shape index (κ3) is 13.9. The first-order valence-electron chi connectivity index (χ1n) is 12.7. The topological polar surface area (TPSA) is 89.5 Å². The molecule has 0 fully saturated rings. The van der Waals surface area contributed by atoms with Crippen LogP contribution in [0.1, 0.15) is 84.1 Å². The summed E-state index contributed by atoms with van der Waals surface area (Å²) < 4.78 is 11.5. The van der Waals surface area contributed by atoms with Gasteiger partial charge in [0, 0.05) is 26.1 Å². The summed E-state index contributed by atoms with van der Waals surface area (Å²) in [6, 6.07) is 4.50. The maximum absolute atomic E-state index is 12.2. The molecule has 7 nitrogen and oxygen atoms in total. The predicted octanol–water partition coefficient (Wildman–Crippen LogP) is 6.08. The van der Waals surface area contributed by atoms with Gasteiger partial charge >= 0.3 is 6.09 Å². The smallest absolute Gasteiger partial charge is 0.410 e. The molecule has 0 saturated heterocycles. The summed E-state index contributed by atoms with van der Waals surface area (Å²) in [5.41, 5.74) is 10.2. The molecule has 0 saturated carbocycles. The predicted molar refractivity (Wildman–Crippen MR) is 149 cm³/mol. The van der Waals surface area contributed by atoms with E-state index < -0.39 is 5.60 Å². The molecule has 0 aliphatic carbocycles. The molecule has 1 unspecified atom stereocenters. The van der Waals surface area contributed by atoms with Crippen molar-refractivity contribution in [1.29, 1.82) is 0 Å². The Morgan fingerprint density at radius 1 is 1.11 bits per heavy atom. The van der Waals surface area contributed by atoms with Crippen molar-refractivity contribution in [1.82, 2.24) is 4.90 Å². The number of amides is 1. The summed E-state index contributed by atoms with van der Waals surface area (Å²) in [5.74, 6) is 0.934. The van der Waals surface area contributed by atoms with E-state index in [4.69, 9.17) is 15.2 Å². The molecule has 1 aromatic carbocycles. The molecule has 2 N–H and O–H groups in total. The molecule has 0 radical (unpaired) electrons. The van der Waals surface area contributed by atoms with Crippen molar-refractivity contribution in [3.63, 3.8) is 0 Å². The lowest BCUT2D eigenvalue weighted by Gasteiger charge is -2.27. The van der Waals surface area contributed by atoms with E-state index in [0.29, 0.717) is 31.4 Å². The number of nitrogens with two attached hydrogens (primary N) is 1. The van der Waals surface area contributed by atoms with Crippen molar-refractivity contribution in [2.24, 2.45) is 21.6 Å². The molecule has 0 spiro atoms. The molecule has 0 aliphatic rings. The number of hydrogen-bond acceptors (Lipinski definition) is 4. The van der Waals surface area contributed by atoms with Crippen molar-refractivity contribution in [3.8, 4) is 0 Å². The fraction of sp³-hybridized carbons (Fsp3) is 0.679. The average Bonchev–Trinajstić information content (AvgIpc) is 2.77. The number of aliphatic imine (C=N–C) groups is 2. The van der Waals surface area contributed by atoms with Gasteiger partial charge < -0.3 is 20.1 Å². The highest BCUT2D eigenvalue weighted by molar-refractivity contribution is 5.88. The number of rotatable bonds is 10. The lowest BCUT2D eigenvalue weighted by Crippen LogP contribution is -2.38. The van der Waals surface area contributed by atoms with Crippen LogP contribution in [0.3, 0.4) is 0 Å². The van der Waals surface area contributed by atoms with E-state index in [9.17, 15) is 4.79 Å². The van der Waals surface area contributed by atoms with Gasteiger partial charge in [-0.05, 0) is 83.6 Å². The summed E-state index contributed by atoms with van der Waals surface area (Å²) in [5, 5.41) is 0. The lowest BCUT2D eigenvalue weighted by atomic mass is 9.99. The van der Waals surface area contributed by atoms with Crippen LogP contribution in [0.4, 0.5) is 4.79 Å². The molecule has 7 heteroatoms. The Kier molecular flexibility index (Phi) is 15.2. The Morgan fingerprint density at radius 3 is 2.17 bits per heavy atom. The Labute approximate surface area is 214 Å². The largest absolute Gasteiger partial charge is 0.444 e. The Morgan fingerprint density at radius 2 is 1.69 bits per heavy atom. The minimum absolute atomic E-state index is 0.0806. The zero-order valence-corrected chi connectivity index (χ0v) is 24.1. The molecule has 1 atom stereocenters. The molecule has 1 aromatic rings. The van der Waals surface area contributed by atoms with E-state index in [2.05, 4.69) is 49.8 Å².